The first-order valence-corrected chi connectivity index (χ1v) is 9.16. The molecule has 1 rings (SSSR count). The summed E-state index contributed by atoms with van der Waals surface area (Å²) in [6.45, 7) is 6.55. The first kappa shape index (κ1) is 17.6. The van der Waals surface area contributed by atoms with E-state index in [0.29, 0.717) is 24.5 Å². The number of likely N-dealkylation sites (N-methyl/N-ethyl adjacent to an activating group) is 1. The molecule has 0 spiro atoms. The van der Waals surface area contributed by atoms with Crippen molar-refractivity contribution >= 4 is 21.4 Å². The highest BCUT2D eigenvalue weighted by Gasteiger charge is 2.22. The molecule has 1 aromatic heterocycles. The van der Waals surface area contributed by atoms with E-state index in [1.54, 1.807) is 0 Å². The molecule has 0 amide bonds. The van der Waals surface area contributed by atoms with Gasteiger partial charge in [0.25, 0.3) is 0 Å². The molecule has 0 aliphatic carbocycles. The minimum Gasteiger partial charge on any atom is -0.312 e. The van der Waals surface area contributed by atoms with Crippen LogP contribution in [-0.2, 0) is 16.6 Å². The van der Waals surface area contributed by atoms with Crippen molar-refractivity contribution in [3.63, 3.8) is 0 Å². The molecule has 0 aromatic carbocycles. The number of hydrogen-bond donors (Lipinski definition) is 2. The zero-order valence-electron chi connectivity index (χ0n) is 12.7. The van der Waals surface area contributed by atoms with Gasteiger partial charge in [0.15, 0.2) is 0 Å². The fourth-order valence-electron chi connectivity index (χ4n) is 1.82. The minimum absolute atomic E-state index is 0.423. The summed E-state index contributed by atoms with van der Waals surface area (Å²) in [5.41, 5.74) is 0.820. The first-order valence-electron chi connectivity index (χ1n) is 6.80. The van der Waals surface area contributed by atoms with Gasteiger partial charge in [0, 0.05) is 24.5 Å². The predicted octanol–water partition coefficient (Wildman–Crippen LogP) is 1.40. The van der Waals surface area contributed by atoms with Crippen molar-refractivity contribution in [2.24, 2.45) is 0 Å². The summed E-state index contributed by atoms with van der Waals surface area (Å²) in [6.07, 6.45) is 1.04. The lowest BCUT2D eigenvalue weighted by atomic mass is 10.3. The summed E-state index contributed by atoms with van der Waals surface area (Å²) in [5, 5.41) is 5.17. The maximum Gasteiger partial charge on any atom is 0.242 e. The van der Waals surface area contributed by atoms with Crippen LogP contribution >= 0.6 is 11.3 Å². The zero-order chi connectivity index (χ0) is 15.2. The lowest BCUT2D eigenvalue weighted by Crippen LogP contribution is -2.32. The van der Waals surface area contributed by atoms with Gasteiger partial charge in [0.05, 0.1) is 0 Å². The monoisotopic (exact) mass is 319 g/mol. The Balaban J connectivity index is 2.79. The molecule has 2 N–H and O–H groups in total. The lowest BCUT2D eigenvalue weighted by Gasteiger charge is -2.12. The average molecular weight is 319 g/mol. The van der Waals surface area contributed by atoms with Crippen LogP contribution in [0.2, 0.25) is 0 Å². The Morgan fingerprint density at radius 3 is 2.60 bits per heavy atom. The van der Waals surface area contributed by atoms with Crippen LogP contribution in [0.1, 0.15) is 23.8 Å². The van der Waals surface area contributed by atoms with Crippen LogP contribution in [0.4, 0.5) is 0 Å². The van der Waals surface area contributed by atoms with Crippen LogP contribution in [0, 0.1) is 6.92 Å². The largest absolute Gasteiger partial charge is 0.312 e. The van der Waals surface area contributed by atoms with Crippen LogP contribution in [0.25, 0.3) is 0 Å². The molecule has 0 saturated heterocycles. The Hall–Kier alpha value is -0.470. The number of nitrogens with zero attached hydrogens (tertiary/aromatic N) is 1. The zero-order valence-corrected chi connectivity index (χ0v) is 14.3. The third-order valence-corrected chi connectivity index (χ3v) is 5.75. The fourth-order valence-corrected chi connectivity index (χ4v) is 4.62. The molecule has 1 aromatic rings. The number of nitrogens with one attached hydrogen (secondary N) is 2. The summed E-state index contributed by atoms with van der Waals surface area (Å²) < 4.78 is 27.5. The van der Waals surface area contributed by atoms with E-state index in [2.05, 4.69) is 17.0 Å². The van der Waals surface area contributed by atoms with E-state index < -0.39 is 10.0 Å². The maximum atomic E-state index is 12.4. The summed E-state index contributed by atoms with van der Waals surface area (Å²) in [7, 11) is 0.424. The van der Waals surface area contributed by atoms with E-state index in [1.807, 2.05) is 31.3 Å². The maximum absolute atomic E-state index is 12.4. The highest BCUT2D eigenvalue weighted by molar-refractivity contribution is 7.89. The number of hydrogen-bond acceptors (Lipinski definition) is 5. The quantitative estimate of drug-likeness (QED) is 0.675. The van der Waals surface area contributed by atoms with Gasteiger partial charge in [0.1, 0.15) is 4.90 Å². The molecule has 20 heavy (non-hydrogen) atoms. The molecule has 7 heteroatoms. The van der Waals surface area contributed by atoms with Crippen molar-refractivity contribution in [3.8, 4) is 0 Å². The molecule has 0 radical (unpaired) electrons. The van der Waals surface area contributed by atoms with Gasteiger partial charge in [-0.3, -0.25) is 0 Å². The molecule has 0 atom stereocenters. The van der Waals surface area contributed by atoms with Gasteiger partial charge in [-0.25, -0.2) is 13.1 Å². The van der Waals surface area contributed by atoms with Crippen LogP contribution in [0.15, 0.2) is 10.3 Å². The molecule has 5 nitrogen and oxygen atoms in total. The second-order valence-corrected chi connectivity index (χ2v) is 7.72. The van der Waals surface area contributed by atoms with E-state index in [-0.39, 0.29) is 0 Å². The van der Waals surface area contributed by atoms with Crippen LogP contribution < -0.4 is 10.0 Å². The van der Waals surface area contributed by atoms with Crippen molar-refractivity contribution in [1.29, 1.82) is 0 Å². The molecule has 0 unspecified atom stereocenters. The highest BCUT2D eigenvalue weighted by Crippen LogP contribution is 2.26. The van der Waals surface area contributed by atoms with Crippen LogP contribution in [0.5, 0.6) is 0 Å². The summed E-state index contributed by atoms with van der Waals surface area (Å²) in [4.78, 5) is 3.28. The SMILES string of the molecule is CCCNCc1scc(C)c1S(=O)(=O)NCCN(C)C. The molecule has 0 saturated carbocycles. The van der Waals surface area contributed by atoms with E-state index in [9.17, 15) is 8.42 Å². The van der Waals surface area contributed by atoms with Crippen molar-refractivity contribution < 1.29 is 8.42 Å². The highest BCUT2D eigenvalue weighted by atomic mass is 32.2. The van der Waals surface area contributed by atoms with E-state index in [1.165, 1.54) is 11.3 Å². The Morgan fingerprint density at radius 2 is 2.00 bits per heavy atom. The third kappa shape index (κ3) is 5.14. The van der Waals surface area contributed by atoms with Crippen molar-refractivity contribution in [3.05, 3.63) is 15.8 Å². The molecular formula is C13H25N3O2S2. The average Bonchev–Trinajstić information content (AvgIpc) is 2.71. The summed E-state index contributed by atoms with van der Waals surface area (Å²) in [6, 6.07) is 0. The van der Waals surface area contributed by atoms with Gasteiger partial charge in [0.2, 0.25) is 10.0 Å². The van der Waals surface area contributed by atoms with Gasteiger partial charge < -0.3 is 10.2 Å². The molecule has 0 aliphatic rings. The number of sulfonamides is 1. The normalized spacial score (nSPS) is 12.2. The first-order chi connectivity index (χ1) is 9.38. The van der Waals surface area contributed by atoms with Crippen molar-refractivity contribution in [2.75, 3.05) is 33.7 Å². The molecule has 0 bridgehead atoms. The van der Waals surface area contributed by atoms with Gasteiger partial charge in [-0.15, -0.1) is 11.3 Å². The Bertz CT molecular complexity index is 510. The Labute approximate surface area is 126 Å². The molecule has 0 fully saturated rings. The van der Waals surface area contributed by atoms with Crippen LogP contribution in [0.3, 0.4) is 0 Å². The predicted molar refractivity (Wildman–Crippen MR) is 84.8 cm³/mol. The standard InChI is InChI=1S/C13H25N3O2S2/c1-5-6-14-9-12-13(11(2)10-19-12)20(17,18)15-7-8-16(3)4/h10,14-15H,5-9H2,1-4H3. The van der Waals surface area contributed by atoms with Gasteiger partial charge in [-0.2, -0.15) is 0 Å². The van der Waals surface area contributed by atoms with E-state index >= 15 is 0 Å². The number of thiophene rings is 1. The number of aryl methyl sites for hydroxylation is 1. The van der Waals surface area contributed by atoms with Gasteiger partial charge in [-0.05, 0) is 44.9 Å². The minimum atomic E-state index is -3.42. The van der Waals surface area contributed by atoms with Crippen LogP contribution in [-0.4, -0.2) is 47.0 Å². The molecule has 1 heterocycles. The molecular weight excluding hydrogens is 294 g/mol. The van der Waals surface area contributed by atoms with Gasteiger partial charge in [-0.1, -0.05) is 6.92 Å². The second-order valence-electron chi connectivity index (χ2n) is 5.05. The smallest absolute Gasteiger partial charge is 0.242 e. The summed E-state index contributed by atoms with van der Waals surface area (Å²) in [5.74, 6) is 0. The fraction of sp³-hybridized carbons (Fsp3) is 0.692. The second kappa shape index (κ2) is 8.09. The van der Waals surface area contributed by atoms with E-state index in [0.717, 1.165) is 23.4 Å². The molecule has 0 aliphatic heterocycles. The third-order valence-electron chi connectivity index (χ3n) is 2.82. The lowest BCUT2D eigenvalue weighted by molar-refractivity contribution is 0.412. The van der Waals surface area contributed by atoms with Gasteiger partial charge >= 0.3 is 0 Å². The van der Waals surface area contributed by atoms with Crippen molar-refractivity contribution in [1.82, 2.24) is 14.9 Å². The molecule has 116 valence electrons. The topological polar surface area (TPSA) is 61.4 Å². The van der Waals surface area contributed by atoms with E-state index in [4.69, 9.17) is 0 Å². The Kier molecular flexibility index (Phi) is 7.11. The Morgan fingerprint density at radius 1 is 1.30 bits per heavy atom. The summed E-state index contributed by atoms with van der Waals surface area (Å²) >= 11 is 1.50. The number of rotatable bonds is 9. The van der Waals surface area contributed by atoms with Crippen molar-refractivity contribution in [2.45, 2.75) is 31.7 Å².